The zero-order valence-electron chi connectivity index (χ0n) is 12.8. The van der Waals surface area contributed by atoms with Gasteiger partial charge < -0.3 is 9.80 Å². The van der Waals surface area contributed by atoms with E-state index in [1.807, 2.05) is 12.1 Å². The summed E-state index contributed by atoms with van der Waals surface area (Å²) in [7, 11) is 2.22. The minimum Gasteiger partial charge on any atom is -0.371 e. The number of hydrogen-bond donors (Lipinski definition) is 1. The fourth-order valence-electron chi connectivity index (χ4n) is 3.41. The molecule has 0 unspecified atom stereocenters. The summed E-state index contributed by atoms with van der Waals surface area (Å²) in [6, 6.07) is 9.16. The third kappa shape index (κ3) is 3.62. The van der Waals surface area contributed by atoms with Crippen molar-refractivity contribution in [3.05, 3.63) is 24.3 Å². The molecule has 2 aliphatic rings. The van der Waals surface area contributed by atoms with Crippen LogP contribution < -0.4 is 9.74 Å². The van der Waals surface area contributed by atoms with Gasteiger partial charge in [0.05, 0.1) is 0 Å². The number of halogens is 1. The number of nitrogens with one attached hydrogen (secondary N) is 1. The number of benzene rings is 1. The molecule has 1 N–H and O–H groups in total. The van der Waals surface area contributed by atoms with E-state index in [-0.39, 0.29) is 0 Å². The first-order valence-electron chi connectivity index (χ1n) is 7.90. The van der Waals surface area contributed by atoms with E-state index in [9.17, 15) is 0 Å². The third-order valence-electron chi connectivity index (χ3n) is 4.86. The smallest absolute Gasteiger partial charge is 0.0493 e. The van der Waals surface area contributed by atoms with Crippen molar-refractivity contribution in [1.82, 2.24) is 9.80 Å². The van der Waals surface area contributed by atoms with Gasteiger partial charge in [0.1, 0.15) is 0 Å². The third-order valence-corrected chi connectivity index (χ3v) is 5.08. The van der Waals surface area contributed by atoms with Crippen molar-refractivity contribution in [3.63, 3.8) is 0 Å². The second-order valence-corrected chi connectivity index (χ2v) is 6.39. The van der Waals surface area contributed by atoms with Crippen molar-refractivity contribution in [2.45, 2.75) is 18.9 Å². The Bertz CT molecular complexity index is 434. The fraction of sp³-hybridized carbons (Fsp3) is 0.625. The average Bonchev–Trinajstić information content (AvgIpc) is 2.56. The number of likely N-dealkylation sites (N-methyl/N-ethyl adjacent to an activating group) is 1. The van der Waals surface area contributed by atoms with Crippen molar-refractivity contribution in [2.75, 3.05) is 56.1 Å². The van der Waals surface area contributed by atoms with Gasteiger partial charge >= 0.3 is 0 Å². The van der Waals surface area contributed by atoms with Gasteiger partial charge in [0.15, 0.2) is 0 Å². The predicted octanol–water partition coefficient (Wildman–Crippen LogP) is 2.47. The van der Waals surface area contributed by atoms with E-state index in [2.05, 4.69) is 38.7 Å². The van der Waals surface area contributed by atoms with Crippen LogP contribution in [0.5, 0.6) is 0 Å². The maximum atomic E-state index is 5.61. The molecule has 3 rings (SSSR count). The fourth-order valence-corrected chi connectivity index (χ4v) is 3.54. The Morgan fingerprint density at radius 3 is 2.14 bits per heavy atom. The highest BCUT2D eigenvalue weighted by Gasteiger charge is 2.26. The molecule has 0 saturated carbocycles. The lowest BCUT2D eigenvalue weighted by molar-refractivity contribution is 0.0982. The first kappa shape index (κ1) is 14.9. The van der Waals surface area contributed by atoms with E-state index in [0.717, 1.165) is 24.8 Å². The standard InChI is InChI=1S/C16H25ClN4/c1-19-10-12-21(13-11-19)16-6-8-20(9-7-16)15-4-2-14(18-17)3-5-15/h2-5,16,18H,6-13H2,1H3. The Balaban J connectivity index is 1.52. The second-order valence-electron chi connectivity index (χ2n) is 6.20. The molecule has 21 heavy (non-hydrogen) atoms. The van der Waals surface area contributed by atoms with Gasteiger partial charge in [-0.2, -0.15) is 0 Å². The number of nitrogens with zero attached hydrogens (tertiary/aromatic N) is 3. The van der Waals surface area contributed by atoms with Gasteiger partial charge in [0, 0.05) is 68.5 Å². The molecule has 1 aromatic rings. The van der Waals surface area contributed by atoms with Crippen molar-refractivity contribution in [2.24, 2.45) is 0 Å². The van der Waals surface area contributed by atoms with Crippen LogP contribution in [0.4, 0.5) is 11.4 Å². The van der Waals surface area contributed by atoms with Crippen LogP contribution in [0.15, 0.2) is 24.3 Å². The first-order valence-corrected chi connectivity index (χ1v) is 8.28. The molecule has 0 radical (unpaired) electrons. The highest BCUT2D eigenvalue weighted by molar-refractivity contribution is 6.23. The summed E-state index contributed by atoms with van der Waals surface area (Å²) in [5.74, 6) is 0. The molecule has 0 spiro atoms. The van der Waals surface area contributed by atoms with Crippen LogP contribution in [0.25, 0.3) is 0 Å². The Morgan fingerprint density at radius 2 is 1.57 bits per heavy atom. The normalized spacial score (nSPS) is 22.5. The van der Waals surface area contributed by atoms with E-state index >= 15 is 0 Å². The topological polar surface area (TPSA) is 21.8 Å². The monoisotopic (exact) mass is 308 g/mol. The molecular formula is C16H25ClN4. The van der Waals surface area contributed by atoms with Gasteiger partial charge in [0.25, 0.3) is 0 Å². The minimum absolute atomic E-state index is 0.777. The zero-order chi connectivity index (χ0) is 14.7. The Labute approximate surface area is 132 Å². The molecule has 2 heterocycles. The van der Waals surface area contributed by atoms with Gasteiger partial charge in [-0.1, -0.05) is 0 Å². The van der Waals surface area contributed by atoms with Gasteiger partial charge in [-0.3, -0.25) is 9.74 Å². The summed E-state index contributed by atoms with van der Waals surface area (Å²) in [5.41, 5.74) is 2.26. The lowest BCUT2D eigenvalue weighted by Gasteiger charge is -2.42. The number of piperazine rings is 1. The molecule has 116 valence electrons. The van der Waals surface area contributed by atoms with Crippen molar-refractivity contribution in [3.8, 4) is 0 Å². The molecule has 2 fully saturated rings. The van der Waals surface area contributed by atoms with Gasteiger partial charge in [-0.25, -0.2) is 0 Å². The SMILES string of the molecule is CN1CCN(C2CCN(c3ccc(NCl)cc3)CC2)CC1. The lowest BCUT2D eigenvalue weighted by atomic mass is 10.0. The van der Waals surface area contributed by atoms with Crippen molar-refractivity contribution >= 4 is 23.2 Å². The summed E-state index contributed by atoms with van der Waals surface area (Å²) in [6.07, 6.45) is 2.55. The maximum absolute atomic E-state index is 5.61. The molecule has 5 heteroatoms. The van der Waals surface area contributed by atoms with Gasteiger partial charge in [0.2, 0.25) is 0 Å². The number of hydrogen-bond acceptors (Lipinski definition) is 4. The van der Waals surface area contributed by atoms with Gasteiger partial charge in [-0.15, -0.1) is 0 Å². The largest absolute Gasteiger partial charge is 0.371 e. The molecule has 0 atom stereocenters. The molecule has 2 saturated heterocycles. The predicted molar refractivity (Wildman–Crippen MR) is 90.2 cm³/mol. The molecule has 0 aliphatic carbocycles. The molecule has 2 aliphatic heterocycles. The van der Waals surface area contributed by atoms with Crippen LogP contribution in [0.3, 0.4) is 0 Å². The Morgan fingerprint density at radius 1 is 0.952 bits per heavy atom. The molecule has 4 nitrogen and oxygen atoms in total. The van der Waals surface area contributed by atoms with Gasteiger partial charge in [-0.05, 0) is 44.2 Å². The Hall–Kier alpha value is -0.970. The molecular weight excluding hydrogens is 284 g/mol. The van der Waals surface area contributed by atoms with E-state index in [1.54, 1.807) is 0 Å². The summed E-state index contributed by atoms with van der Waals surface area (Å²) >= 11 is 5.61. The Kier molecular flexibility index (Phi) is 4.88. The lowest BCUT2D eigenvalue weighted by Crippen LogP contribution is -2.52. The highest BCUT2D eigenvalue weighted by Crippen LogP contribution is 2.24. The quantitative estimate of drug-likeness (QED) is 0.866. The van der Waals surface area contributed by atoms with Crippen LogP contribution in [0, 0.1) is 0 Å². The highest BCUT2D eigenvalue weighted by atomic mass is 35.5. The summed E-state index contributed by atoms with van der Waals surface area (Å²) in [5, 5.41) is 0. The van der Waals surface area contributed by atoms with E-state index in [1.165, 1.54) is 44.7 Å². The molecule has 0 amide bonds. The van der Waals surface area contributed by atoms with E-state index < -0.39 is 0 Å². The van der Waals surface area contributed by atoms with Crippen molar-refractivity contribution in [1.29, 1.82) is 0 Å². The molecule has 0 aromatic heterocycles. The minimum atomic E-state index is 0.777. The number of anilines is 2. The van der Waals surface area contributed by atoms with Crippen molar-refractivity contribution < 1.29 is 0 Å². The second kappa shape index (κ2) is 6.86. The number of piperidine rings is 1. The van der Waals surface area contributed by atoms with E-state index in [0.29, 0.717) is 0 Å². The van der Waals surface area contributed by atoms with Crippen LogP contribution in [0.1, 0.15) is 12.8 Å². The summed E-state index contributed by atoms with van der Waals surface area (Å²) < 4.78 is 0. The molecule has 1 aromatic carbocycles. The van der Waals surface area contributed by atoms with Crippen LogP contribution in [0.2, 0.25) is 0 Å². The number of rotatable bonds is 3. The van der Waals surface area contributed by atoms with Crippen LogP contribution in [-0.4, -0.2) is 62.2 Å². The summed E-state index contributed by atoms with van der Waals surface area (Å²) in [6.45, 7) is 7.21. The van der Waals surface area contributed by atoms with Crippen LogP contribution >= 0.6 is 11.8 Å². The average molecular weight is 309 g/mol. The van der Waals surface area contributed by atoms with Crippen LogP contribution in [-0.2, 0) is 0 Å². The first-order chi connectivity index (χ1) is 10.3. The molecule has 0 bridgehead atoms. The summed E-state index contributed by atoms with van der Waals surface area (Å²) in [4.78, 5) is 10.3. The van der Waals surface area contributed by atoms with E-state index in [4.69, 9.17) is 11.8 Å². The maximum Gasteiger partial charge on any atom is 0.0493 e. The zero-order valence-corrected chi connectivity index (χ0v) is 13.5.